The molecule has 1 unspecified atom stereocenters. The highest BCUT2D eigenvalue weighted by atomic mass is 35.5. The van der Waals surface area contributed by atoms with Gasteiger partial charge >= 0.3 is 0 Å². The molecule has 2 aromatic heterocycles. The molecule has 1 atom stereocenters. The Morgan fingerprint density at radius 2 is 2.05 bits per heavy atom. The molecule has 0 saturated heterocycles. The van der Waals surface area contributed by atoms with Crippen LogP contribution in [0.4, 0.5) is 0 Å². The number of fused-ring (bicyclic) bond motifs is 3. The maximum Gasteiger partial charge on any atom is 0.262 e. The molecule has 3 heterocycles. The van der Waals surface area contributed by atoms with E-state index in [2.05, 4.69) is 4.98 Å². The third-order valence-corrected chi connectivity index (χ3v) is 4.13. The normalized spacial score (nSPS) is 16.5. The van der Waals surface area contributed by atoms with E-state index in [0.29, 0.717) is 22.8 Å². The fourth-order valence-corrected chi connectivity index (χ4v) is 3.05. The van der Waals surface area contributed by atoms with Crippen LogP contribution >= 0.6 is 11.6 Å². The molecule has 0 radical (unpaired) electrons. The van der Waals surface area contributed by atoms with Gasteiger partial charge in [0.1, 0.15) is 11.6 Å². The second-order valence-corrected chi connectivity index (χ2v) is 5.86. The molecule has 4 rings (SSSR count). The van der Waals surface area contributed by atoms with Crippen molar-refractivity contribution in [2.75, 3.05) is 0 Å². The molecule has 3 aromatic rings. The molecule has 0 N–H and O–H groups in total. The van der Waals surface area contributed by atoms with E-state index in [-0.39, 0.29) is 11.7 Å². The van der Waals surface area contributed by atoms with E-state index >= 15 is 0 Å². The van der Waals surface area contributed by atoms with Crippen LogP contribution in [-0.2, 0) is 6.42 Å². The highest BCUT2D eigenvalue weighted by molar-refractivity contribution is 6.30. The van der Waals surface area contributed by atoms with Crippen LogP contribution < -0.4 is 10.3 Å². The van der Waals surface area contributed by atoms with Crippen LogP contribution in [0.2, 0.25) is 5.02 Å². The number of nitrogens with zero attached hydrogens (tertiary/aromatic N) is 2. The zero-order valence-electron chi connectivity index (χ0n) is 11.9. The van der Waals surface area contributed by atoms with Crippen molar-refractivity contribution < 1.29 is 4.74 Å². The van der Waals surface area contributed by atoms with Gasteiger partial charge in [-0.05, 0) is 43.3 Å². The molecule has 0 saturated carbocycles. The number of benzene rings is 1. The second-order valence-electron chi connectivity index (χ2n) is 5.43. The summed E-state index contributed by atoms with van der Waals surface area (Å²) in [6, 6.07) is 10.9. The van der Waals surface area contributed by atoms with Crippen molar-refractivity contribution in [3.8, 4) is 11.4 Å². The molecule has 4 nitrogen and oxygen atoms in total. The van der Waals surface area contributed by atoms with Gasteiger partial charge in [0, 0.05) is 23.3 Å². The Morgan fingerprint density at radius 3 is 2.82 bits per heavy atom. The van der Waals surface area contributed by atoms with Gasteiger partial charge in [0.2, 0.25) is 0 Å². The van der Waals surface area contributed by atoms with Crippen molar-refractivity contribution in [2.24, 2.45) is 0 Å². The molecule has 1 aromatic carbocycles. The van der Waals surface area contributed by atoms with E-state index in [1.165, 1.54) is 0 Å². The predicted octanol–water partition coefficient (Wildman–Crippen LogP) is 3.36. The molecule has 0 amide bonds. The van der Waals surface area contributed by atoms with Crippen LogP contribution in [0.3, 0.4) is 0 Å². The Morgan fingerprint density at radius 1 is 1.27 bits per heavy atom. The minimum atomic E-state index is -0.0535. The van der Waals surface area contributed by atoms with Gasteiger partial charge in [0.15, 0.2) is 5.75 Å². The number of aromatic nitrogens is 2. The predicted molar refractivity (Wildman–Crippen MR) is 86.1 cm³/mol. The Labute approximate surface area is 131 Å². The van der Waals surface area contributed by atoms with Crippen LogP contribution in [0, 0.1) is 0 Å². The zero-order valence-corrected chi connectivity index (χ0v) is 12.7. The fourth-order valence-electron chi connectivity index (χ4n) is 2.92. The lowest BCUT2D eigenvalue weighted by atomic mass is 10.1. The van der Waals surface area contributed by atoms with Crippen molar-refractivity contribution in [1.82, 2.24) is 9.55 Å². The summed E-state index contributed by atoms with van der Waals surface area (Å²) in [6.45, 7) is 1.96. The second kappa shape index (κ2) is 4.85. The highest BCUT2D eigenvalue weighted by Crippen LogP contribution is 2.33. The first-order valence-corrected chi connectivity index (χ1v) is 7.48. The summed E-state index contributed by atoms with van der Waals surface area (Å²) in [7, 11) is 0. The maximum absolute atomic E-state index is 12.9. The third-order valence-electron chi connectivity index (χ3n) is 3.87. The zero-order chi connectivity index (χ0) is 15.3. The first-order chi connectivity index (χ1) is 10.6. The number of hydrogen-bond donors (Lipinski definition) is 0. The van der Waals surface area contributed by atoms with Crippen LogP contribution in [0.15, 0.2) is 47.4 Å². The lowest BCUT2D eigenvalue weighted by molar-refractivity contribution is 0.257. The van der Waals surface area contributed by atoms with E-state index in [0.717, 1.165) is 16.7 Å². The number of rotatable bonds is 1. The number of ether oxygens (including phenoxy) is 1. The van der Waals surface area contributed by atoms with Gasteiger partial charge in [-0.15, -0.1) is 0 Å². The van der Waals surface area contributed by atoms with Crippen LogP contribution in [0.1, 0.15) is 12.5 Å². The van der Waals surface area contributed by atoms with E-state index in [9.17, 15) is 4.79 Å². The molecule has 5 heteroatoms. The minimum Gasteiger partial charge on any atom is -0.488 e. The van der Waals surface area contributed by atoms with E-state index in [1.54, 1.807) is 22.9 Å². The summed E-state index contributed by atoms with van der Waals surface area (Å²) in [5.74, 6) is 0.623. The first-order valence-electron chi connectivity index (χ1n) is 7.10. The molecule has 22 heavy (non-hydrogen) atoms. The van der Waals surface area contributed by atoms with Crippen molar-refractivity contribution in [3.63, 3.8) is 0 Å². The maximum atomic E-state index is 12.9. The average Bonchev–Trinajstić information content (AvgIpc) is 2.92. The summed E-state index contributed by atoms with van der Waals surface area (Å²) >= 11 is 5.95. The topological polar surface area (TPSA) is 44.1 Å². The molecule has 1 aliphatic heterocycles. The van der Waals surface area contributed by atoms with E-state index < -0.39 is 0 Å². The van der Waals surface area contributed by atoms with Crippen LogP contribution in [0.5, 0.6) is 5.75 Å². The van der Waals surface area contributed by atoms with Crippen molar-refractivity contribution in [1.29, 1.82) is 0 Å². The Bertz CT molecular complexity index is 932. The molecule has 0 fully saturated rings. The van der Waals surface area contributed by atoms with E-state index in [4.69, 9.17) is 16.3 Å². The summed E-state index contributed by atoms with van der Waals surface area (Å²) in [5, 5.41) is 0.636. The first kappa shape index (κ1) is 13.3. The largest absolute Gasteiger partial charge is 0.488 e. The Kier molecular flexibility index (Phi) is 2.94. The SMILES string of the molecule is CC1Cc2c(c3ncccc3n(-c3ccc(Cl)cc3)c2=O)O1. The van der Waals surface area contributed by atoms with Crippen LogP contribution in [0.25, 0.3) is 16.7 Å². The smallest absolute Gasteiger partial charge is 0.262 e. The molecule has 0 bridgehead atoms. The van der Waals surface area contributed by atoms with Crippen LogP contribution in [-0.4, -0.2) is 15.7 Å². The van der Waals surface area contributed by atoms with Gasteiger partial charge < -0.3 is 4.74 Å². The van der Waals surface area contributed by atoms with Gasteiger partial charge in [0.05, 0.1) is 11.1 Å². The van der Waals surface area contributed by atoms with Crippen molar-refractivity contribution in [3.05, 3.63) is 63.5 Å². The van der Waals surface area contributed by atoms with Gasteiger partial charge in [-0.25, -0.2) is 0 Å². The van der Waals surface area contributed by atoms with Gasteiger partial charge in [-0.3, -0.25) is 14.3 Å². The van der Waals surface area contributed by atoms with Gasteiger partial charge in [0.25, 0.3) is 5.56 Å². The number of hydrogen-bond acceptors (Lipinski definition) is 3. The lowest BCUT2D eigenvalue weighted by Gasteiger charge is -2.13. The Balaban J connectivity index is 2.11. The number of halogens is 1. The molecule has 0 spiro atoms. The fraction of sp³-hybridized carbons (Fsp3) is 0.176. The highest BCUT2D eigenvalue weighted by Gasteiger charge is 2.27. The monoisotopic (exact) mass is 312 g/mol. The summed E-state index contributed by atoms with van der Waals surface area (Å²) < 4.78 is 7.49. The van der Waals surface area contributed by atoms with Gasteiger partial charge in [-0.1, -0.05) is 11.6 Å². The summed E-state index contributed by atoms with van der Waals surface area (Å²) in [4.78, 5) is 17.3. The molecular formula is C17H13ClN2O2. The standard InChI is InChI=1S/C17H13ClN2O2/c1-10-9-13-16(22-10)15-14(3-2-8-19-15)20(17(13)21)12-6-4-11(18)5-7-12/h2-8,10H,9H2,1H3. The van der Waals surface area contributed by atoms with Gasteiger partial charge in [-0.2, -0.15) is 0 Å². The molecule has 110 valence electrons. The Hall–Kier alpha value is -2.33. The van der Waals surface area contributed by atoms with Crippen molar-refractivity contribution in [2.45, 2.75) is 19.4 Å². The number of pyridine rings is 2. The molecule has 1 aliphatic rings. The minimum absolute atomic E-state index is 0.00558. The van der Waals surface area contributed by atoms with Crippen molar-refractivity contribution >= 4 is 22.6 Å². The summed E-state index contributed by atoms with van der Waals surface area (Å²) in [5.41, 5.74) is 2.87. The molecule has 0 aliphatic carbocycles. The lowest BCUT2D eigenvalue weighted by Crippen LogP contribution is -2.22. The molecular weight excluding hydrogens is 300 g/mol. The average molecular weight is 313 g/mol. The summed E-state index contributed by atoms with van der Waals surface area (Å²) in [6.07, 6.45) is 2.31. The third kappa shape index (κ3) is 1.91. The van der Waals surface area contributed by atoms with E-state index in [1.807, 2.05) is 31.2 Å². The quantitative estimate of drug-likeness (QED) is 0.692.